The van der Waals surface area contributed by atoms with Crippen LogP contribution in [0.15, 0.2) is 18.2 Å². The molecular weight excluding hydrogens is 272 g/mol. The van der Waals surface area contributed by atoms with Crippen LogP contribution in [0.25, 0.3) is 0 Å². The third-order valence-electron chi connectivity index (χ3n) is 3.22. The molecular formula is C15H16N2O4. The number of aromatic hydroxyl groups is 1. The van der Waals surface area contributed by atoms with E-state index in [-0.39, 0.29) is 18.1 Å². The highest BCUT2D eigenvalue weighted by Gasteiger charge is 2.26. The molecule has 0 saturated heterocycles. The predicted octanol–water partition coefficient (Wildman–Crippen LogP) is 1.97. The number of carboxylic acid groups (broad SMARTS) is 1. The second-order valence-electron chi connectivity index (χ2n) is 5.00. The zero-order valence-electron chi connectivity index (χ0n) is 11.4. The summed E-state index contributed by atoms with van der Waals surface area (Å²) in [6, 6.07) is 3.50. The lowest BCUT2D eigenvalue weighted by Crippen LogP contribution is -2.36. The fourth-order valence-electron chi connectivity index (χ4n) is 1.93. The number of benzene rings is 1. The highest BCUT2D eigenvalue weighted by atomic mass is 16.4. The first-order chi connectivity index (χ1) is 10.0. The Morgan fingerprint density at radius 1 is 1.43 bits per heavy atom. The summed E-state index contributed by atoms with van der Waals surface area (Å²) in [5.74, 6) is 1.32. The molecule has 0 bridgehead atoms. The third kappa shape index (κ3) is 3.89. The highest BCUT2D eigenvalue weighted by molar-refractivity contribution is 5.94. The summed E-state index contributed by atoms with van der Waals surface area (Å²) >= 11 is 0. The van der Waals surface area contributed by atoms with E-state index in [1.165, 1.54) is 23.1 Å². The lowest BCUT2D eigenvalue weighted by Gasteiger charge is -2.20. The first-order valence-electron chi connectivity index (χ1n) is 6.57. The Kier molecular flexibility index (Phi) is 4.33. The van der Waals surface area contributed by atoms with Gasteiger partial charge in [0.25, 0.3) is 0 Å². The van der Waals surface area contributed by atoms with E-state index in [1.54, 1.807) is 0 Å². The van der Waals surface area contributed by atoms with Crippen molar-refractivity contribution in [2.45, 2.75) is 12.8 Å². The number of aromatic carboxylic acids is 1. The molecule has 0 radical (unpaired) electrons. The molecule has 1 aromatic rings. The zero-order chi connectivity index (χ0) is 15.4. The molecule has 1 saturated carbocycles. The molecule has 0 unspecified atom stereocenters. The van der Waals surface area contributed by atoms with Gasteiger partial charge in [-0.25, -0.2) is 9.59 Å². The van der Waals surface area contributed by atoms with E-state index in [2.05, 4.69) is 11.2 Å². The standard InChI is InChI=1S/C15H16N2O4/c1-2-7-17(9-10-3-4-10)15(21)16-11-5-6-12(14(19)20)13(18)8-11/h1,5-6,8,10,18H,3-4,7,9H2,(H,16,21)(H,19,20). The molecule has 110 valence electrons. The van der Waals surface area contributed by atoms with Crippen LogP contribution in [0.5, 0.6) is 5.75 Å². The SMILES string of the molecule is C#CCN(CC1CC1)C(=O)Nc1ccc(C(=O)O)c(O)c1. The molecule has 0 atom stereocenters. The molecule has 1 fully saturated rings. The Morgan fingerprint density at radius 2 is 2.14 bits per heavy atom. The van der Waals surface area contributed by atoms with Crippen LogP contribution in [-0.4, -0.2) is 40.2 Å². The van der Waals surface area contributed by atoms with Crippen molar-refractivity contribution < 1.29 is 19.8 Å². The minimum Gasteiger partial charge on any atom is -0.507 e. The first kappa shape index (κ1) is 14.7. The molecule has 0 aromatic heterocycles. The van der Waals surface area contributed by atoms with E-state index < -0.39 is 11.7 Å². The average Bonchev–Trinajstić information content (AvgIpc) is 3.21. The molecule has 6 heteroatoms. The second kappa shape index (κ2) is 6.18. The Balaban J connectivity index is 2.05. The number of hydrogen-bond donors (Lipinski definition) is 3. The number of carbonyl (C=O) groups is 2. The summed E-state index contributed by atoms with van der Waals surface area (Å²) in [7, 11) is 0. The van der Waals surface area contributed by atoms with E-state index in [0.717, 1.165) is 12.8 Å². The number of phenols is 1. The van der Waals surface area contributed by atoms with E-state index in [1.807, 2.05) is 0 Å². The highest BCUT2D eigenvalue weighted by Crippen LogP contribution is 2.30. The van der Waals surface area contributed by atoms with E-state index in [4.69, 9.17) is 11.5 Å². The molecule has 0 spiro atoms. The number of terminal acetylenes is 1. The van der Waals surface area contributed by atoms with Crippen molar-refractivity contribution in [1.29, 1.82) is 0 Å². The van der Waals surface area contributed by atoms with Crippen LogP contribution >= 0.6 is 0 Å². The number of urea groups is 1. The second-order valence-corrected chi connectivity index (χ2v) is 5.00. The van der Waals surface area contributed by atoms with Gasteiger partial charge in [0.05, 0.1) is 6.54 Å². The van der Waals surface area contributed by atoms with Crippen LogP contribution < -0.4 is 5.32 Å². The number of hydrogen-bond acceptors (Lipinski definition) is 3. The molecule has 1 aliphatic carbocycles. The van der Waals surface area contributed by atoms with Gasteiger partial charge in [0.2, 0.25) is 0 Å². The van der Waals surface area contributed by atoms with Crippen molar-refractivity contribution in [2.75, 3.05) is 18.4 Å². The van der Waals surface area contributed by atoms with Crippen molar-refractivity contribution in [1.82, 2.24) is 4.90 Å². The van der Waals surface area contributed by atoms with Gasteiger partial charge in [-0.05, 0) is 30.9 Å². The van der Waals surface area contributed by atoms with Gasteiger partial charge in [-0.15, -0.1) is 6.42 Å². The van der Waals surface area contributed by atoms with Crippen LogP contribution in [0.2, 0.25) is 0 Å². The fraction of sp³-hybridized carbons (Fsp3) is 0.333. The Hall–Kier alpha value is -2.68. The number of carbonyl (C=O) groups excluding carboxylic acids is 1. The maximum Gasteiger partial charge on any atom is 0.339 e. The van der Waals surface area contributed by atoms with Gasteiger partial charge in [0.1, 0.15) is 11.3 Å². The summed E-state index contributed by atoms with van der Waals surface area (Å²) in [6.07, 6.45) is 7.46. The molecule has 21 heavy (non-hydrogen) atoms. The number of anilines is 1. The van der Waals surface area contributed by atoms with Crippen LogP contribution in [-0.2, 0) is 0 Å². The molecule has 1 aromatic carbocycles. The first-order valence-corrected chi connectivity index (χ1v) is 6.57. The van der Waals surface area contributed by atoms with Crippen molar-refractivity contribution in [2.24, 2.45) is 5.92 Å². The summed E-state index contributed by atoms with van der Waals surface area (Å²) in [4.78, 5) is 24.4. The third-order valence-corrected chi connectivity index (χ3v) is 3.22. The van der Waals surface area contributed by atoms with Crippen LogP contribution in [0, 0.1) is 18.3 Å². The van der Waals surface area contributed by atoms with Crippen LogP contribution in [0.4, 0.5) is 10.5 Å². The molecule has 3 N–H and O–H groups in total. The number of carboxylic acids is 1. The van der Waals surface area contributed by atoms with Crippen molar-refractivity contribution in [3.63, 3.8) is 0 Å². The van der Waals surface area contributed by atoms with Crippen LogP contribution in [0.1, 0.15) is 23.2 Å². The Morgan fingerprint density at radius 3 is 2.67 bits per heavy atom. The molecule has 0 heterocycles. The van der Waals surface area contributed by atoms with E-state index >= 15 is 0 Å². The molecule has 0 aliphatic heterocycles. The fourth-order valence-corrected chi connectivity index (χ4v) is 1.93. The lowest BCUT2D eigenvalue weighted by atomic mass is 10.2. The van der Waals surface area contributed by atoms with Gasteiger partial charge in [0, 0.05) is 18.3 Å². The molecule has 2 rings (SSSR count). The zero-order valence-corrected chi connectivity index (χ0v) is 11.4. The van der Waals surface area contributed by atoms with Gasteiger partial charge in [-0.2, -0.15) is 0 Å². The lowest BCUT2D eigenvalue weighted by molar-refractivity contribution is 0.0694. The van der Waals surface area contributed by atoms with Gasteiger partial charge in [-0.1, -0.05) is 5.92 Å². The summed E-state index contributed by atoms with van der Waals surface area (Å²) in [5.41, 5.74) is 0.103. The topological polar surface area (TPSA) is 89.9 Å². The molecule has 1 aliphatic rings. The Labute approximate surface area is 122 Å². The van der Waals surface area contributed by atoms with Gasteiger partial charge in [-0.3, -0.25) is 0 Å². The smallest absolute Gasteiger partial charge is 0.339 e. The van der Waals surface area contributed by atoms with Gasteiger partial charge >= 0.3 is 12.0 Å². The monoisotopic (exact) mass is 288 g/mol. The summed E-state index contributed by atoms with van der Waals surface area (Å²) in [6.45, 7) is 0.816. The van der Waals surface area contributed by atoms with Crippen molar-refractivity contribution >= 4 is 17.7 Å². The largest absolute Gasteiger partial charge is 0.507 e. The van der Waals surface area contributed by atoms with E-state index in [9.17, 15) is 14.7 Å². The molecule has 6 nitrogen and oxygen atoms in total. The van der Waals surface area contributed by atoms with Gasteiger partial charge < -0.3 is 20.4 Å². The number of nitrogens with one attached hydrogen (secondary N) is 1. The van der Waals surface area contributed by atoms with Crippen molar-refractivity contribution in [3.05, 3.63) is 23.8 Å². The summed E-state index contributed by atoms with van der Waals surface area (Å²) in [5, 5.41) is 21.0. The maximum atomic E-state index is 12.1. The minimum absolute atomic E-state index is 0.210. The maximum absolute atomic E-state index is 12.1. The number of nitrogens with zero attached hydrogens (tertiary/aromatic N) is 1. The quantitative estimate of drug-likeness (QED) is 0.722. The predicted molar refractivity (Wildman–Crippen MR) is 77.2 cm³/mol. The van der Waals surface area contributed by atoms with Crippen molar-refractivity contribution in [3.8, 4) is 18.1 Å². The van der Waals surface area contributed by atoms with Crippen LogP contribution in [0.3, 0.4) is 0 Å². The Bertz CT molecular complexity index is 602. The van der Waals surface area contributed by atoms with E-state index in [0.29, 0.717) is 18.2 Å². The number of amides is 2. The summed E-state index contributed by atoms with van der Waals surface area (Å²) < 4.78 is 0. The van der Waals surface area contributed by atoms with Gasteiger partial charge in [0.15, 0.2) is 0 Å². The minimum atomic E-state index is -1.23. The molecule has 2 amide bonds. The normalized spacial score (nSPS) is 13.3. The average molecular weight is 288 g/mol. The number of rotatable bonds is 5.